The quantitative estimate of drug-likeness (QED) is 0.391. The van der Waals surface area contributed by atoms with Crippen LogP contribution < -0.4 is 11.1 Å². The van der Waals surface area contributed by atoms with Gasteiger partial charge in [0.15, 0.2) is 5.84 Å². The molecule has 158 valence electrons. The number of amidine groups is 1. The second-order valence-corrected chi connectivity index (χ2v) is 7.27. The third kappa shape index (κ3) is 6.89. The van der Waals surface area contributed by atoms with Crippen molar-refractivity contribution in [3.8, 4) is 11.1 Å². The molecule has 2 atom stereocenters. The molecule has 0 aliphatic carbocycles. The number of aliphatic carboxylic acids is 1. The Morgan fingerprint density at radius 3 is 2.33 bits per heavy atom. The third-order valence-electron chi connectivity index (χ3n) is 4.44. The van der Waals surface area contributed by atoms with Crippen LogP contribution in [0.2, 0.25) is 5.02 Å². The average Bonchev–Trinajstić information content (AvgIpc) is 2.67. The fraction of sp³-hybridized carbons (Fsp3) is 0.238. The summed E-state index contributed by atoms with van der Waals surface area (Å²) in [5.74, 6) is -3.29. The lowest BCUT2D eigenvalue weighted by Crippen LogP contribution is -2.45. The number of carbonyl (C=O) groups is 3. The summed E-state index contributed by atoms with van der Waals surface area (Å²) in [5, 5.41) is 21.0. The predicted molar refractivity (Wildman–Crippen MR) is 114 cm³/mol. The smallest absolute Gasteiger partial charge is 0.433 e. The van der Waals surface area contributed by atoms with Gasteiger partial charge in [-0.15, -0.1) is 0 Å². The van der Waals surface area contributed by atoms with Crippen LogP contribution >= 0.6 is 11.6 Å². The maximum Gasteiger partial charge on any atom is 0.433 e. The van der Waals surface area contributed by atoms with Crippen molar-refractivity contribution >= 4 is 35.4 Å². The summed E-state index contributed by atoms with van der Waals surface area (Å²) in [4.78, 5) is 36.9. The van der Waals surface area contributed by atoms with E-state index in [1.807, 2.05) is 42.5 Å². The van der Waals surface area contributed by atoms with Crippen LogP contribution in [0.15, 0.2) is 53.5 Å². The maximum absolute atomic E-state index is 12.1. The number of benzene rings is 2. The molecular weight excluding hydrogens is 410 g/mol. The van der Waals surface area contributed by atoms with Crippen molar-refractivity contribution in [1.29, 1.82) is 0 Å². The summed E-state index contributed by atoms with van der Waals surface area (Å²) in [6, 6.07) is 14.4. The minimum atomic E-state index is -1.59. The first-order valence-corrected chi connectivity index (χ1v) is 9.49. The van der Waals surface area contributed by atoms with Crippen molar-refractivity contribution < 1.29 is 24.6 Å². The van der Waals surface area contributed by atoms with Gasteiger partial charge in [0.05, 0.1) is 5.92 Å². The van der Waals surface area contributed by atoms with Crippen molar-refractivity contribution in [1.82, 2.24) is 5.32 Å². The first kappa shape index (κ1) is 22.9. The number of halogens is 1. The number of carboxylic acid groups (broad SMARTS) is 2. The molecule has 9 heteroatoms. The highest BCUT2D eigenvalue weighted by Crippen LogP contribution is 2.23. The van der Waals surface area contributed by atoms with Gasteiger partial charge in [0.2, 0.25) is 0 Å². The molecule has 5 N–H and O–H groups in total. The summed E-state index contributed by atoms with van der Waals surface area (Å²) in [6.45, 7) is 1.53. The number of aliphatic imine (C=N–C) groups is 1. The number of carbonyl (C=O) groups excluding carboxylic acids is 1. The van der Waals surface area contributed by atoms with E-state index in [0.29, 0.717) is 11.4 Å². The van der Waals surface area contributed by atoms with E-state index >= 15 is 0 Å². The number of amides is 2. The molecule has 0 bridgehead atoms. The van der Waals surface area contributed by atoms with Crippen LogP contribution in [0.4, 0.5) is 4.79 Å². The van der Waals surface area contributed by atoms with E-state index in [1.54, 1.807) is 6.07 Å². The standard InChI is InChI=1S/C21H22ClN3O5/c1-12(20(27)28)9-17(24-19(26)18(23)25-21(29)30)10-13-5-7-14(8-6-13)15-3-2-4-16(22)11-15/h2-8,11-12,17H,9-10H2,1H3,(H2,23,25)(H,24,26)(H,27,28)(H,29,30)/t12-,17?/m1/s1. The molecule has 2 aromatic carbocycles. The molecule has 0 fully saturated rings. The molecule has 0 saturated carbocycles. The number of rotatable bonds is 7. The van der Waals surface area contributed by atoms with Crippen molar-refractivity contribution in [3.63, 3.8) is 0 Å². The number of nitrogens with one attached hydrogen (secondary N) is 1. The van der Waals surface area contributed by atoms with Gasteiger partial charge in [-0.3, -0.25) is 9.59 Å². The number of hydrogen-bond donors (Lipinski definition) is 4. The van der Waals surface area contributed by atoms with Gasteiger partial charge >= 0.3 is 12.1 Å². The lowest BCUT2D eigenvalue weighted by atomic mass is 9.95. The Kier molecular flexibility index (Phi) is 7.94. The van der Waals surface area contributed by atoms with E-state index in [0.717, 1.165) is 16.7 Å². The topological polar surface area (TPSA) is 142 Å². The van der Waals surface area contributed by atoms with E-state index in [2.05, 4.69) is 10.3 Å². The van der Waals surface area contributed by atoms with Crippen molar-refractivity contribution in [2.24, 2.45) is 16.6 Å². The zero-order valence-corrected chi connectivity index (χ0v) is 17.0. The van der Waals surface area contributed by atoms with Gasteiger partial charge in [0, 0.05) is 11.1 Å². The van der Waals surface area contributed by atoms with Gasteiger partial charge in [-0.05, 0) is 41.7 Å². The Balaban J connectivity index is 2.17. The number of nitrogens with two attached hydrogens (primary N) is 1. The van der Waals surface area contributed by atoms with Gasteiger partial charge in [0.1, 0.15) is 0 Å². The molecule has 0 aliphatic rings. The fourth-order valence-electron chi connectivity index (χ4n) is 2.92. The van der Waals surface area contributed by atoms with Gasteiger partial charge in [-0.25, -0.2) is 4.79 Å². The third-order valence-corrected chi connectivity index (χ3v) is 4.67. The molecule has 0 heterocycles. The van der Waals surface area contributed by atoms with E-state index in [-0.39, 0.29) is 6.42 Å². The molecule has 1 unspecified atom stereocenters. The molecule has 0 aliphatic heterocycles. The SMILES string of the molecule is C[C@H](CC(Cc1ccc(-c2cccc(Cl)c2)cc1)NC(=O)/C(N)=N/C(=O)O)C(=O)O. The summed E-state index contributed by atoms with van der Waals surface area (Å²) >= 11 is 6.03. The molecule has 8 nitrogen and oxygen atoms in total. The molecule has 2 rings (SSSR count). The van der Waals surface area contributed by atoms with E-state index in [1.165, 1.54) is 6.92 Å². The Morgan fingerprint density at radius 1 is 1.10 bits per heavy atom. The minimum Gasteiger partial charge on any atom is -0.481 e. The number of carboxylic acids is 1. The molecular formula is C21H22ClN3O5. The van der Waals surface area contributed by atoms with Crippen LogP contribution in [0.1, 0.15) is 18.9 Å². The monoisotopic (exact) mass is 431 g/mol. The largest absolute Gasteiger partial charge is 0.481 e. The Labute approximate surface area is 178 Å². The number of nitrogens with zero attached hydrogens (tertiary/aromatic N) is 1. The van der Waals surface area contributed by atoms with Gasteiger partial charge in [-0.1, -0.05) is 54.9 Å². The van der Waals surface area contributed by atoms with Crippen LogP contribution in [0.3, 0.4) is 0 Å². The zero-order chi connectivity index (χ0) is 22.3. The predicted octanol–water partition coefficient (Wildman–Crippen LogP) is 3.18. The summed E-state index contributed by atoms with van der Waals surface area (Å²) in [7, 11) is 0. The first-order valence-electron chi connectivity index (χ1n) is 9.11. The van der Waals surface area contributed by atoms with E-state index in [9.17, 15) is 19.5 Å². The highest BCUT2D eigenvalue weighted by molar-refractivity contribution is 6.38. The summed E-state index contributed by atoms with van der Waals surface area (Å²) < 4.78 is 0. The lowest BCUT2D eigenvalue weighted by Gasteiger charge is -2.21. The summed E-state index contributed by atoms with van der Waals surface area (Å²) in [5.41, 5.74) is 8.15. The Morgan fingerprint density at radius 2 is 1.77 bits per heavy atom. The van der Waals surface area contributed by atoms with Gasteiger partial charge < -0.3 is 21.3 Å². The normalized spacial score (nSPS) is 13.3. The molecule has 0 spiro atoms. The van der Waals surface area contributed by atoms with E-state index in [4.69, 9.17) is 22.4 Å². The molecule has 0 aromatic heterocycles. The Bertz CT molecular complexity index is 959. The van der Waals surface area contributed by atoms with Crippen LogP contribution in [-0.2, 0) is 16.0 Å². The lowest BCUT2D eigenvalue weighted by molar-refractivity contribution is -0.141. The van der Waals surface area contributed by atoms with E-state index < -0.39 is 35.8 Å². The van der Waals surface area contributed by atoms with Crippen LogP contribution in [0, 0.1) is 5.92 Å². The van der Waals surface area contributed by atoms with Gasteiger partial charge in [0.25, 0.3) is 5.91 Å². The minimum absolute atomic E-state index is 0.136. The fourth-order valence-corrected chi connectivity index (χ4v) is 3.11. The molecule has 0 radical (unpaired) electrons. The highest BCUT2D eigenvalue weighted by Gasteiger charge is 2.22. The average molecular weight is 432 g/mol. The number of hydrogen-bond acceptors (Lipinski definition) is 3. The van der Waals surface area contributed by atoms with Crippen LogP contribution in [0.5, 0.6) is 0 Å². The molecule has 2 amide bonds. The van der Waals surface area contributed by atoms with Crippen molar-refractivity contribution in [2.45, 2.75) is 25.8 Å². The molecule has 2 aromatic rings. The van der Waals surface area contributed by atoms with Crippen LogP contribution in [0.25, 0.3) is 11.1 Å². The second kappa shape index (κ2) is 10.4. The maximum atomic E-state index is 12.1. The molecule has 0 saturated heterocycles. The Hall–Kier alpha value is -3.39. The van der Waals surface area contributed by atoms with Crippen molar-refractivity contribution in [2.75, 3.05) is 0 Å². The summed E-state index contributed by atoms with van der Waals surface area (Å²) in [6.07, 6.45) is -1.12. The highest BCUT2D eigenvalue weighted by atomic mass is 35.5. The van der Waals surface area contributed by atoms with Crippen molar-refractivity contribution in [3.05, 3.63) is 59.1 Å². The first-order chi connectivity index (χ1) is 14.2. The van der Waals surface area contributed by atoms with Crippen LogP contribution in [-0.4, -0.2) is 40.1 Å². The second-order valence-electron chi connectivity index (χ2n) is 6.84. The zero-order valence-electron chi connectivity index (χ0n) is 16.2. The van der Waals surface area contributed by atoms with Gasteiger partial charge in [-0.2, -0.15) is 4.99 Å². The molecule has 30 heavy (non-hydrogen) atoms.